The van der Waals surface area contributed by atoms with Crippen molar-refractivity contribution in [3.8, 4) is 10.6 Å². The van der Waals surface area contributed by atoms with Crippen molar-refractivity contribution in [2.45, 2.75) is 27.7 Å². The van der Waals surface area contributed by atoms with E-state index in [9.17, 15) is 4.79 Å². The van der Waals surface area contributed by atoms with Gasteiger partial charge in [0.25, 0.3) is 11.6 Å². The van der Waals surface area contributed by atoms with Gasteiger partial charge < -0.3 is 9.84 Å². The molecule has 3 heterocycles. The number of amides is 1. The summed E-state index contributed by atoms with van der Waals surface area (Å²) in [4.78, 5) is 19.9. The smallest absolute Gasteiger partial charge is 0.259 e. The van der Waals surface area contributed by atoms with E-state index in [1.807, 2.05) is 64.1 Å². The molecule has 27 heavy (non-hydrogen) atoms. The Hall–Kier alpha value is -2.99. The minimum atomic E-state index is -0.194. The third-order valence-electron chi connectivity index (χ3n) is 4.57. The Morgan fingerprint density at radius 3 is 2.48 bits per heavy atom. The zero-order valence-corrected chi connectivity index (χ0v) is 16.4. The number of fused-ring (bicyclic) bond motifs is 1. The molecule has 0 aliphatic rings. The molecule has 0 atom stereocenters. The van der Waals surface area contributed by atoms with Crippen LogP contribution >= 0.6 is 11.3 Å². The number of rotatable bonds is 3. The first-order chi connectivity index (χ1) is 12.9. The van der Waals surface area contributed by atoms with Crippen LogP contribution in [0.1, 0.15) is 32.1 Å². The topological polar surface area (TPSA) is 68.0 Å². The summed E-state index contributed by atoms with van der Waals surface area (Å²) in [7, 11) is 0. The number of thiophene rings is 1. The van der Waals surface area contributed by atoms with E-state index in [2.05, 4.69) is 15.5 Å². The van der Waals surface area contributed by atoms with Gasteiger partial charge in [-0.1, -0.05) is 23.4 Å². The molecule has 136 valence electrons. The Balaban J connectivity index is 1.84. The number of anilines is 1. The third kappa shape index (κ3) is 3.13. The summed E-state index contributed by atoms with van der Waals surface area (Å²) in [6, 6.07) is 11.8. The van der Waals surface area contributed by atoms with Crippen LogP contribution in [0.2, 0.25) is 0 Å². The normalized spacial score (nSPS) is 11.1. The maximum atomic E-state index is 13.2. The molecular formula is C21H19N3O2S. The van der Waals surface area contributed by atoms with Crippen molar-refractivity contribution in [1.29, 1.82) is 0 Å². The molecule has 1 aromatic carbocycles. The van der Waals surface area contributed by atoms with Gasteiger partial charge in [-0.3, -0.25) is 4.79 Å². The number of aryl methyl sites for hydroxylation is 4. The number of carbonyl (C=O) groups excluding carboxylic acids is 1. The Bertz CT molecular complexity index is 1150. The zero-order chi connectivity index (χ0) is 19.1. The first kappa shape index (κ1) is 17.4. The quantitative estimate of drug-likeness (QED) is 0.516. The van der Waals surface area contributed by atoms with Crippen molar-refractivity contribution in [1.82, 2.24) is 10.1 Å². The van der Waals surface area contributed by atoms with E-state index in [1.165, 1.54) is 4.88 Å². The molecule has 1 N–H and O–H groups in total. The second-order valence-corrected chi connectivity index (χ2v) is 7.92. The lowest BCUT2D eigenvalue weighted by atomic mass is 10.1. The molecule has 0 spiro atoms. The van der Waals surface area contributed by atoms with Crippen molar-refractivity contribution in [3.63, 3.8) is 0 Å². The maximum Gasteiger partial charge on any atom is 0.259 e. The van der Waals surface area contributed by atoms with Crippen molar-refractivity contribution < 1.29 is 9.32 Å². The van der Waals surface area contributed by atoms with Crippen molar-refractivity contribution in [2.24, 2.45) is 0 Å². The fourth-order valence-corrected chi connectivity index (χ4v) is 3.99. The molecule has 4 rings (SSSR count). The molecule has 0 saturated heterocycles. The van der Waals surface area contributed by atoms with Gasteiger partial charge in [0.05, 0.1) is 27.2 Å². The van der Waals surface area contributed by atoms with Gasteiger partial charge in [-0.2, -0.15) is 0 Å². The average molecular weight is 377 g/mol. The fraction of sp³-hybridized carbons (Fsp3) is 0.190. The van der Waals surface area contributed by atoms with Gasteiger partial charge in [-0.15, -0.1) is 11.3 Å². The lowest BCUT2D eigenvalue weighted by molar-refractivity contribution is 0.102. The summed E-state index contributed by atoms with van der Waals surface area (Å²) in [6.45, 7) is 7.82. The highest BCUT2D eigenvalue weighted by molar-refractivity contribution is 7.15. The average Bonchev–Trinajstić information content (AvgIpc) is 3.23. The molecule has 5 nitrogen and oxygen atoms in total. The summed E-state index contributed by atoms with van der Waals surface area (Å²) in [5, 5.41) is 7.71. The molecule has 0 saturated carbocycles. The molecule has 1 amide bonds. The van der Waals surface area contributed by atoms with E-state index in [-0.39, 0.29) is 5.91 Å². The molecule has 0 fully saturated rings. The summed E-state index contributed by atoms with van der Waals surface area (Å²) in [5.41, 5.74) is 5.12. The number of nitrogens with one attached hydrogen (secondary N) is 1. The third-order valence-corrected chi connectivity index (χ3v) is 5.60. The van der Waals surface area contributed by atoms with E-state index in [0.29, 0.717) is 28.1 Å². The maximum absolute atomic E-state index is 13.2. The van der Waals surface area contributed by atoms with Crippen molar-refractivity contribution in [3.05, 3.63) is 63.7 Å². The van der Waals surface area contributed by atoms with E-state index in [4.69, 9.17) is 4.52 Å². The van der Waals surface area contributed by atoms with Crippen LogP contribution in [0.4, 0.5) is 5.69 Å². The van der Waals surface area contributed by atoms with Crippen molar-refractivity contribution >= 4 is 34.0 Å². The zero-order valence-electron chi connectivity index (χ0n) is 15.6. The molecule has 6 heteroatoms. The molecule has 0 unspecified atom stereocenters. The Morgan fingerprint density at radius 1 is 1.07 bits per heavy atom. The SMILES string of the molecule is Cc1ccc(-c2cc(C(=O)Nc3c(C)cccc3C)c3c(C)noc3n2)s1. The highest BCUT2D eigenvalue weighted by Crippen LogP contribution is 2.31. The van der Waals surface area contributed by atoms with E-state index >= 15 is 0 Å². The Kier molecular flexibility index (Phi) is 4.28. The summed E-state index contributed by atoms with van der Waals surface area (Å²) >= 11 is 1.63. The van der Waals surface area contributed by atoms with E-state index in [0.717, 1.165) is 21.7 Å². The van der Waals surface area contributed by atoms with Crippen LogP contribution in [-0.2, 0) is 0 Å². The first-order valence-electron chi connectivity index (χ1n) is 8.65. The van der Waals surface area contributed by atoms with Crippen molar-refractivity contribution in [2.75, 3.05) is 5.32 Å². The highest BCUT2D eigenvalue weighted by Gasteiger charge is 2.20. The van der Waals surface area contributed by atoms with Crippen LogP contribution in [0.3, 0.4) is 0 Å². The summed E-state index contributed by atoms with van der Waals surface area (Å²) in [5.74, 6) is -0.194. The van der Waals surface area contributed by atoms with Gasteiger partial charge in [-0.05, 0) is 57.0 Å². The van der Waals surface area contributed by atoms with Crippen LogP contribution in [0.5, 0.6) is 0 Å². The summed E-state index contributed by atoms with van der Waals surface area (Å²) in [6.07, 6.45) is 0. The van der Waals surface area contributed by atoms with Crippen LogP contribution in [0.15, 0.2) is 40.9 Å². The predicted octanol–water partition coefficient (Wildman–Crippen LogP) is 5.44. The van der Waals surface area contributed by atoms with Gasteiger partial charge >= 0.3 is 0 Å². The van der Waals surface area contributed by atoms with Gasteiger partial charge in [0.1, 0.15) is 0 Å². The minimum Gasteiger partial charge on any atom is -0.335 e. The molecule has 4 aromatic rings. The number of carbonyl (C=O) groups is 1. The molecule has 3 aromatic heterocycles. The van der Waals surface area contributed by atoms with Crippen LogP contribution in [0.25, 0.3) is 21.7 Å². The fourth-order valence-electron chi connectivity index (χ4n) is 3.16. The molecule has 0 bridgehead atoms. The van der Waals surface area contributed by atoms with Gasteiger partial charge in [-0.25, -0.2) is 4.98 Å². The lowest BCUT2D eigenvalue weighted by Crippen LogP contribution is -2.14. The number of benzene rings is 1. The second-order valence-electron chi connectivity index (χ2n) is 6.63. The number of pyridine rings is 1. The summed E-state index contributed by atoms with van der Waals surface area (Å²) < 4.78 is 5.37. The van der Waals surface area contributed by atoms with Crippen LogP contribution in [-0.4, -0.2) is 16.0 Å². The standard InChI is InChI=1S/C21H19N3O2S/c1-11-6-5-7-12(2)19(11)23-20(25)15-10-16(17-9-8-13(3)27-17)22-21-18(15)14(4)24-26-21/h5-10H,1-4H3,(H,23,25). The number of para-hydroxylation sites is 1. The monoisotopic (exact) mass is 377 g/mol. The molecular weight excluding hydrogens is 358 g/mol. The van der Waals surface area contributed by atoms with Gasteiger partial charge in [0.15, 0.2) is 0 Å². The number of hydrogen-bond donors (Lipinski definition) is 1. The first-order valence-corrected chi connectivity index (χ1v) is 9.47. The van der Waals surface area contributed by atoms with Gasteiger partial charge in [0.2, 0.25) is 0 Å². The molecule has 0 aliphatic carbocycles. The van der Waals surface area contributed by atoms with E-state index in [1.54, 1.807) is 11.3 Å². The highest BCUT2D eigenvalue weighted by atomic mass is 32.1. The van der Waals surface area contributed by atoms with Crippen LogP contribution in [0, 0.1) is 27.7 Å². The number of aromatic nitrogens is 2. The van der Waals surface area contributed by atoms with Gasteiger partial charge in [0, 0.05) is 10.6 Å². The Morgan fingerprint density at radius 2 is 1.81 bits per heavy atom. The van der Waals surface area contributed by atoms with Crippen LogP contribution < -0.4 is 5.32 Å². The molecule has 0 radical (unpaired) electrons. The molecule has 0 aliphatic heterocycles. The number of nitrogens with zero attached hydrogens (tertiary/aromatic N) is 2. The Labute approximate surface area is 161 Å². The largest absolute Gasteiger partial charge is 0.335 e. The lowest BCUT2D eigenvalue weighted by Gasteiger charge is -2.12. The number of hydrogen-bond acceptors (Lipinski definition) is 5. The second kappa shape index (κ2) is 6.63. The minimum absolute atomic E-state index is 0.194. The predicted molar refractivity (Wildman–Crippen MR) is 108 cm³/mol. The van der Waals surface area contributed by atoms with E-state index < -0.39 is 0 Å².